The zero-order valence-corrected chi connectivity index (χ0v) is 17.3. The normalized spacial score (nSPS) is 13.2. The molecule has 1 aliphatic rings. The van der Waals surface area contributed by atoms with Gasteiger partial charge in [-0.25, -0.2) is 4.79 Å². The molecule has 0 aliphatic carbocycles. The fourth-order valence-corrected chi connectivity index (χ4v) is 3.60. The van der Waals surface area contributed by atoms with E-state index in [-0.39, 0.29) is 11.9 Å². The van der Waals surface area contributed by atoms with Gasteiger partial charge in [0.15, 0.2) is 0 Å². The van der Waals surface area contributed by atoms with Gasteiger partial charge in [0.25, 0.3) is 5.91 Å². The van der Waals surface area contributed by atoms with Crippen molar-refractivity contribution in [3.63, 3.8) is 0 Å². The van der Waals surface area contributed by atoms with E-state index in [2.05, 4.69) is 27.8 Å². The molecule has 0 aromatic heterocycles. The molecule has 3 N–H and O–H groups in total. The van der Waals surface area contributed by atoms with Crippen LogP contribution >= 0.6 is 0 Å². The van der Waals surface area contributed by atoms with Crippen LogP contribution in [-0.2, 0) is 6.42 Å². The second-order valence-corrected chi connectivity index (χ2v) is 7.27. The molecule has 0 atom stereocenters. The Hall–Kier alpha value is -3.02. The summed E-state index contributed by atoms with van der Waals surface area (Å²) in [6.07, 6.45) is 3.98. The number of carbonyl (C=O) groups is 2. The Morgan fingerprint density at radius 3 is 2.48 bits per heavy atom. The highest BCUT2D eigenvalue weighted by Crippen LogP contribution is 2.28. The van der Waals surface area contributed by atoms with E-state index in [1.54, 1.807) is 6.07 Å². The molecule has 6 nitrogen and oxygen atoms in total. The van der Waals surface area contributed by atoms with Gasteiger partial charge in [0.05, 0.1) is 5.56 Å². The fraction of sp³-hybridized carbons (Fsp3) is 0.391. The average molecular weight is 395 g/mol. The van der Waals surface area contributed by atoms with Crippen molar-refractivity contribution in [3.05, 3.63) is 53.6 Å². The first kappa shape index (κ1) is 20.7. The largest absolute Gasteiger partial charge is 0.371 e. The summed E-state index contributed by atoms with van der Waals surface area (Å²) in [5.41, 5.74) is 4.00. The molecule has 1 aliphatic heterocycles. The number of hydrogen-bond donors (Lipinski definition) is 3. The van der Waals surface area contributed by atoms with Gasteiger partial charge in [0, 0.05) is 36.7 Å². The Morgan fingerprint density at radius 1 is 1.00 bits per heavy atom. The molecule has 0 radical (unpaired) electrons. The van der Waals surface area contributed by atoms with Crippen molar-refractivity contribution in [1.82, 2.24) is 5.32 Å². The maximum atomic E-state index is 12.7. The number of nitrogens with one attached hydrogen (secondary N) is 3. The number of aryl methyl sites for hydroxylation is 1. The van der Waals surface area contributed by atoms with Crippen molar-refractivity contribution in [3.8, 4) is 0 Å². The predicted octanol–water partition coefficient (Wildman–Crippen LogP) is 4.63. The highest BCUT2D eigenvalue weighted by molar-refractivity contribution is 6.04. The number of carbonyl (C=O) groups excluding carboxylic acids is 2. The number of amides is 3. The molecule has 3 rings (SSSR count). The molecular weight excluding hydrogens is 364 g/mol. The van der Waals surface area contributed by atoms with Crippen molar-refractivity contribution in [2.75, 3.05) is 35.2 Å². The molecule has 2 aromatic carbocycles. The van der Waals surface area contributed by atoms with E-state index in [1.165, 1.54) is 0 Å². The zero-order chi connectivity index (χ0) is 20.6. The van der Waals surface area contributed by atoms with Gasteiger partial charge in [-0.3, -0.25) is 4.79 Å². The summed E-state index contributed by atoms with van der Waals surface area (Å²) in [5.74, 6) is -0.103. The molecule has 1 saturated heterocycles. The van der Waals surface area contributed by atoms with E-state index in [9.17, 15) is 9.59 Å². The highest BCUT2D eigenvalue weighted by atomic mass is 16.2. The molecule has 0 saturated carbocycles. The van der Waals surface area contributed by atoms with Crippen LogP contribution in [0.25, 0.3) is 0 Å². The van der Waals surface area contributed by atoms with Crippen molar-refractivity contribution in [2.45, 2.75) is 39.5 Å². The van der Waals surface area contributed by atoms with Crippen LogP contribution in [0, 0.1) is 0 Å². The van der Waals surface area contributed by atoms with E-state index in [1.807, 2.05) is 43.3 Å². The number of urea groups is 1. The lowest BCUT2D eigenvalue weighted by Gasteiger charge is -2.22. The first-order valence-corrected chi connectivity index (χ1v) is 10.5. The maximum Gasteiger partial charge on any atom is 0.323 e. The minimum atomic E-state index is -0.320. The van der Waals surface area contributed by atoms with Gasteiger partial charge >= 0.3 is 6.03 Å². The lowest BCUT2D eigenvalue weighted by Crippen LogP contribution is -2.28. The zero-order valence-electron chi connectivity index (χ0n) is 17.3. The van der Waals surface area contributed by atoms with Crippen molar-refractivity contribution in [1.29, 1.82) is 0 Å². The Labute approximate surface area is 172 Å². The maximum absolute atomic E-state index is 12.7. The smallest absolute Gasteiger partial charge is 0.323 e. The summed E-state index contributed by atoms with van der Waals surface area (Å²) in [6.45, 7) is 6.61. The van der Waals surface area contributed by atoms with Gasteiger partial charge in [-0.1, -0.05) is 32.0 Å². The fourth-order valence-electron chi connectivity index (χ4n) is 3.60. The van der Waals surface area contributed by atoms with Crippen LogP contribution in [0.2, 0.25) is 0 Å². The number of para-hydroxylation sites is 1. The number of rotatable bonds is 7. The highest BCUT2D eigenvalue weighted by Gasteiger charge is 2.20. The van der Waals surface area contributed by atoms with Crippen LogP contribution < -0.4 is 20.9 Å². The van der Waals surface area contributed by atoms with Crippen molar-refractivity contribution < 1.29 is 9.59 Å². The molecule has 1 heterocycles. The predicted molar refractivity (Wildman–Crippen MR) is 119 cm³/mol. The molecule has 154 valence electrons. The van der Waals surface area contributed by atoms with Gasteiger partial charge < -0.3 is 20.9 Å². The van der Waals surface area contributed by atoms with E-state index in [0.717, 1.165) is 55.7 Å². The molecule has 0 unspecified atom stereocenters. The minimum Gasteiger partial charge on any atom is -0.371 e. The lowest BCUT2D eigenvalue weighted by molar-refractivity contribution is 0.0954. The number of anilines is 3. The monoisotopic (exact) mass is 394 g/mol. The average Bonchev–Trinajstić information content (AvgIpc) is 3.27. The van der Waals surface area contributed by atoms with Crippen molar-refractivity contribution >= 4 is 29.0 Å². The molecule has 0 spiro atoms. The molecule has 6 heteroatoms. The Bertz CT molecular complexity index is 860. The standard InChI is InChI=1S/C23H30N4O2/c1-3-13-24-22(28)19-16-18(11-12-21(19)27-14-7-8-15-27)25-23(29)26-20-10-6-5-9-17(20)4-2/h5-6,9-12,16H,3-4,7-8,13-15H2,1-2H3,(H,24,28)(H2,25,26,29). The topological polar surface area (TPSA) is 73.5 Å². The Balaban J connectivity index is 1.78. The lowest BCUT2D eigenvalue weighted by atomic mass is 10.1. The second-order valence-electron chi connectivity index (χ2n) is 7.27. The summed E-state index contributed by atoms with van der Waals surface area (Å²) >= 11 is 0. The molecule has 1 fully saturated rings. The third kappa shape index (κ3) is 5.28. The van der Waals surface area contributed by atoms with Crippen LogP contribution in [0.4, 0.5) is 21.9 Å². The van der Waals surface area contributed by atoms with Gasteiger partial charge in [0.1, 0.15) is 0 Å². The molecular formula is C23H30N4O2. The first-order valence-electron chi connectivity index (χ1n) is 10.5. The molecule has 29 heavy (non-hydrogen) atoms. The molecule has 0 bridgehead atoms. The van der Waals surface area contributed by atoms with Crippen LogP contribution in [0.3, 0.4) is 0 Å². The van der Waals surface area contributed by atoms with E-state index in [0.29, 0.717) is 17.8 Å². The summed E-state index contributed by atoms with van der Waals surface area (Å²) in [5, 5.41) is 8.72. The Kier molecular flexibility index (Phi) is 7.11. The van der Waals surface area contributed by atoms with E-state index in [4.69, 9.17) is 0 Å². The summed E-state index contributed by atoms with van der Waals surface area (Å²) < 4.78 is 0. The van der Waals surface area contributed by atoms with Crippen LogP contribution in [0.15, 0.2) is 42.5 Å². The second kappa shape index (κ2) is 9.96. The minimum absolute atomic E-state index is 0.103. The first-order chi connectivity index (χ1) is 14.1. The van der Waals surface area contributed by atoms with Crippen LogP contribution in [0.1, 0.15) is 49.0 Å². The van der Waals surface area contributed by atoms with Gasteiger partial charge in [-0.2, -0.15) is 0 Å². The van der Waals surface area contributed by atoms with E-state index < -0.39 is 0 Å². The van der Waals surface area contributed by atoms with Crippen molar-refractivity contribution in [2.24, 2.45) is 0 Å². The number of benzene rings is 2. The third-order valence-electron chi connectivity index (χ3n) is 5.13. The van der Waals surface area contributed by atoms with E-state index >= 15 is 0 Å². The number of hydrogen-bond acceptors (Lipinski definition) is 3. The van der Waals surface area contributed by atoms with Gasteiger partial charge in [0.2, 0.25) is 0 Å². The van der Waals surface area contributed by atoms with Gasteiger partial charge in [-0.15, -0.1) is 0 Å². The van der Waals surface area contributed by atoms with Crippen LogP contribution in [-0.4, -0.2) is 31.6 Å². The SMILES string of the molecule is CCCNC(=O)c1cc(NC(=O)Nc2ccccc2CC)ccc1N1CCCC1. The Morgan fingerprint density at radius 2 is 1.76 bits per heavy atom. The van der Waals surface area contributed by atoms with Crippen LogP contribution in [0.5, 0.6) is 0 Å². The molecule has 3 amide bonds. The summed E-state index contributed by atoms with van der Waals surface area (Å²) in [7, 11) is 0. The number of nitrogens with zero attached hydrogens (tertiary/aromatic N) is 1. The molecule has 2 aromatic rings. The van der Waals surface area contributed by atoms with Gasteiger partial charge in [-0.05, 0) is 55.5 Å². The quantitative estimate of drug-likeness (QED) is 0.641. The third-order valence-corrected chi connectivity index (χ3v) is 5.13. The summed E-state index contributed by atoms with van der Waals surface area (Å²) in [4.78, 5) is 27.5. The summed E-state index contributed by atoms with van der Waals surface area (Å²) in [6, 6.07) is 13.0.